The summed E-state index contributed by atoms with van der Waals surface area (Å²) in [7, 11) is 6.15. The van der Waals surface area contributed by atoms with E-state index in [1.807, 2.05) is 0 Å². The van der Waals surface area contributed by atoms with Crippen LogP contribution in [0.15, 0.2) is 24.3 Å². The van der Waals surface area contributed by atoms with E-state index in [1.165, 1.54) is 32.7 Å². The maximum atomic E-state index is 13.8. The molecule has 0 saturated carbocycles. The van der Waals surface area contributed by atoms with Crippen LogP contribution in [-0.4, -0.2) is 70.4 Å². The molecule has 0 spiro atoms. The van der Waals surface area contributed by atoms with Gasteiger partial charge in [-0.15, -0.1) is 12.4 Å². The smallest absolute Gasteiger partial charge is 0.260 e. The lowest BCUT2D eigenvalue weighted by atomic mass is 10.1. The van der Waals surface area contributed by atoms with Crippen molar-refractivity contribution in [1.29, 1.82) is 0 Å². The molecular weight excluding hydrogens is 513 g/mol. The predicted octanol–water partition coefficient (Wildman–Crippen LogP) is 5.39. The van der Waals surface area contributed by atoms with Crippen LogP contribution in [0.2, 0.25) is 5.02 Å². The molecule has 2 aromatic carbocycles. The zero-order chi connectivity index (χ0) is 24.8. The number of ether oxygens (including phenoxy) is 4. The van der Waals surface area contributed by atoms with E-state index in [4.69, 9.17) is 35.5 Å². The first-order valence-corrected chi connectivity index (χ1v) is 12.1. The predicted molar refractivity (Wildman–Crippen MR) is 144 cm³/mol. The molecule has 192 valence electrons. The average molecular weight is 545 g/mol. The minimum Gasteiger partial charge on any atom is -0.494 e. The van der Waals surface area contributed by atoms with E-state index >= 15 is 0 Å². The molecule has 0 bridgehead atoms. The average Bonchev–Trinajstić information content (AvgIpc) is 3.31. The van der Waals surface area contributed by atoms with Crippen molar-refractivity contribution in [3.63, 3.8) is 0 Å². The molecule has 0 N–H and O–H groups in total. The van der Waals surface area contributed by atoms with Crippen molar-refractivity contribution in [2.45, 2.75) is 13.8 Å². The topological polar surface area (TPSA) is 73.4 Å². The van der Waals surface area contributed by atoms with Crippen LogP contribution in [0, 0.1) is 0 Å². The Morgan fingerprint density at radius 3 is 2.06 bits per heavy atom. The lowest BCUT2D eigenvalue weighted by Crippen LogP contribution is -2.38. The first kappa shape index (κ1) is 28.8. The molecule has 35 heavy (non-hydrogen) atoms. The van der Waals surface area contributed by atoms with Crippen molar-refractivity contribution in [3.05, 3.63) is 34.9 Å². The summed E-state index contributed by atoms with van der Waals surface area (Å²) in [6.07, 6.45) is 0. The molecule has 0 saturated heterocycles. The molecule has 0 aliphatic rings. The summed E-state index contributed by atoms with van der Waals surface area (Å²) in [6.45, 7) is 7.07. The number of hydrogen-bond donors (Lipinski definition) is 0. The van der Waals surface area contributed by atoms with Gasteiger partial charge in [0.25, 0.3) is 5.91 Å². The molecule has 11 heteroatoms. The van der Waals surface area contributed by atoms with Crippen LogP contribution in [0.1, 0.15) is 24.2 Å². The number of fused-ring (bicyclic) bond motifs is 1. The van der Waals surface area contributed by atoms with Gasteiger partial charge in [0.05, 0.1) is 38.2 Å². The minimum absolute atomic E-state index is 0. The molecule has 3 aromatic rings. The fourth-order valence-electron chi connectivity index (χ4n) is 3.65. The molecular formula is C24H31Cl2N3O5S. The lowest BCUT2D eigenvalue weighted by Gasteiger charge is -2.25. The largest absolute Gasteiger partial charge is 0.494 e. The van der Waals surface area contributed by atoms with E-state index in [-0.39, 0.29) is 18.3 Å². The maximum Gasteiger partial charge on any atom is 0.260 e. The van der Waals surface area contributed by atoms with Crippen LogP contribution >= 0.6 is 35.3 Å². The molecule has 0 unspecified atom stereocenters. The van der Waals surface area contributed by atoms with E-state index in [0.29, 0.717) is 57.3 Å². The molecule has 3 rings (SSSR count). The molecule has 0 aliphatic heterocycles. The zero-order valence-corrected chi connectivity index (χ0v) is 23.1. The number of nitrogens with zero attached hydrogens (tertiary/aromatic N) is 3. The number of aromatic nitrogens is 1. The lowest BCUT2D eigenvalue weighted by molar-refractivity contribution is 0.0983. The van der Waals surface area contributed by atoms with Gasteiger partial charge >= 0.3 is 0 Å². The Bertz CT molecular complexity index is 1130. The van der Waals surface area contributed by atoms with E-state index in [1.54, 1.807) is 36.3 Å². The number of rotatable bonds is 11. The van der Waals surface area contributed by atoms with Gasteiger partial charge < -0.3 is 23.8 Å². The number of benzene rings is 2. The van der Waals surface area contributed by atoms with Crippen molar-refractivity contribution in [3.8, 4) is 23.0 Å². The van der Waals surface area contributed by atoms with Crippen molar-refractivity contribution >= 4 is 56.6 Å². The highest BCUT2D eigenvalue weighted by atomic mass is 35.5. The van der Waals surface area contributed by atoms with Crippen molar-refractivity contribution < 1.29 is 23.7 Å². The Kier molecular flexibility index (Phi) is 10.7. The number of halogens is 2. The highest BCUT2D eigenvalue weighted by Gasteiger charge is 2.26. The number of anilines is 1. The van der Waals surface area contributed by atoms with Crippen LogP contribution in [0.3, 0.4) is 0 Å². The Morgan fingerprint density at radius 1 is 0.943 bits per heavy atom. The summed E-state index contributed by atoms with van der Waals surface area (Å²) in [5.41, 5.74) is 1.02. The van der Waals surface area contributed by atoms with E-state index < -0.39 is 0 Å². The second kappa shape index (κ2) is 13.0. The van der Waals surface area contributed by atoms with Crippen LogP contribution in [0.25, 0.3) is 10.2 Å². The molecule has 1 heterocycles. The van der Waals surface area contributed by atoms with Crippen molar-refractivity contribution in [2.24, 2.45) is 0 Å². The number of carbonyl (C=O) groups excluding carboxylic acids is 1. The Balaban J connectivity index is 0.00000432. The third-order valence-electron chi connectivity index (χ3n) is 5.59. The van der Waals surface area contributed by atoms with Gasteiger partial charge in [0.2, 0.25) is 5.75 Å². The first-order chi connectivity index (χ1) is 16.4. The first-order valence-electron chi connectivity index (χ1n) is 10.9. The van der Waals surface area contributed by atoms with Gasteiger partial charge in [-0.2, -0.15) is 0 Å². The monoisotopic (exact) mass is 543 g/mol. The standard InChI is InChI=1S/C24H30ClN3O5S.ClH/c1-7-27(8-2)11-12-28(24-26-20-17(30-3)10-9-16(25)22(20)34-24)23(29)15-13-18(31-4)21(33-6)19(14-15)32-5;/h9-10,13-14H,7-8,11-12H2,1-6H3;1H. The summed E-state index contributed by atoms with van der Waals surface area (Å²) in [6, 6.07) is 6.84. The highest BCUT2D eigenvalue weighted by molar-refractivity contribution is 7.23. The van der Waals surface area contributed by atoms with Gasteiger partial charge in [-0.1, -0.05) is 36.8 Å². The minimum atomic E-state index is -0.236. The second-order valence-corrected chi connectivity index (χ2v) is 8.71. The fourth-order valence-corrected chi connectivity index (χ4v) is 4.93. The summed E-state index contributed by atoms with van der Waals surface area (Å²) in [5.74, 6) is 1.60. The molecule has 0 fully saturated rings. The van der Waals surface area contributed by atoms with E-state index in [2.05, 4.69) is 18.7 Å². The van der Waals surface area contributed by atoms with Crippen LogP contribution in [0.4, 0.5) is 5.13 Å². The Labute approximate surface area is 221 Å². The van der Waals surface area contributed by atoms with E-state index in [0.717, 1.165) is 17.8 Å². The highest BCUT2D eigenvalue weighted by Crippen LogP contribution is 2.41. The summed E-state index contributed by atoms with van der Waals surface area (Å²) >= 11 is 7.80. The number of likely N-dealkylation sites (N-methyl/N-ethyl adjacent to an activating group) is 1. The van der Waals surface area contributed by atoms with Crippen molar-refractivity contribution in [1.82, 2.24) is 9.88 Å². The number of methoxy groups -OCH3 is 4. The molecule has 0 radical (unpaired) electrons. The summed E-state index contributed by atoms with van der Waals surface area (Å²) in [4.78, 5) is 22.5. The second-order valence-electron chi connectivity index (χ2n) is 7.32. The molecule has 0 atom stereocenters. The normalized spacial score (nSPS) is 10.7. The van der Waals surface area contributed by atoms with Gasteiger partial charge in [0.1, 0.15) is 11.3 Å². The molecule has 1 amide bonds. The van der Waals surface area contributed by atoms with E-state index in [9.17, 15) is 4.79 Å². The third-order valence-corrected chi connectivity index (χ3v) is 7.13. The van der Waals surface area contributed by atoms with Crippen molar-refractivity contribution in [2.75, 3.05) is 59.5 Å². The summed E-state index contributed by atoms with van der Waals surface area (Å²) < 4.78 is 22.5. The SMILES string of the molecule is CCN(CC)CCN(C(=O)c1cc(OC)c(OC)c(OC)c1)c1nc2c(OC)ccc(Cl)c2s1.Cl. The number of carbonyl (C=O) groups is 1. The quantitative estimate of drug-likeness (QED) is 0.320. The molecule has 0 aliphatic carbocycles. The van der Waals surface area contributed by atoms with Crippen LogP contribution in [0.5, 0.6) is 23.0 Å². The fraction of sp³-hybridized carbons (Fsp3) is 0.417. The van der Waals surface area contributed by atoms with Gasteiger partial charge in [-0.25, -0.2) is 4.98 Å². The Morgan fingerprint density at radius 2 is 1.54 bits per heavy atom. The Hall–Kier alpha value is -2.46. The van der Waals surface area contributed by atoms with Crippen LogP contribution < -0.4 is 23.8 Å². The van der Waals surface area contributed by atoms with Gasteiger partial charge in [-0.05, 0) is 37.4 Å². The van der Waals surface area contributed by atoms with Gasteiger partial charge in [-0.3, -0.25) is 9.69 Å². The third kappa shape index (κ3) is 6.03. The maximum absolute atomic E-state index is 13.8. The summed E-state index contributed by atoms with van der Waals surface area (Å²) in [5, 5.41) is 1.09. The molecule has 1 aromatic heterocycles. The number of hydrogen-bond acceptors (Lipinski definition) is 8. The van der Waals surface area contributed by atoms with Crippen LogP contribution in [-0.2, 0) is 0 Å². The van der Waals surface area contributed by atoms with Gasteiger partial charge in [0.15, 0.2) is 16.6 Å². The number of amides is 1. The zero-order valence-electron chi connectivity index (χ0n) is 20.7. The number of thiazole rings is 1. The molecule has 8 nitrogen and oxygen atoms in total. The van der Waals surface area contributed by atoms with Gasteiger partial charge in [0, 0.05) is 18.7 Å².